The highest BCUT2D eigenvalue weighted by Gasteiger charge is 2.42. The highest BCUT2D eigenvalue weighted by Crippen LogP contribution is 2.49. The molecule has 0 spiro atoms. The summed E-state index contributed by atoms with van der Waals surface area (Å²) in [5, 5.41) is 20.3. The van der Waals surface area contributed by atoms with E-state index < -0.39 is 11.9 Å². The third-order valence-corrected chi connectivity index (χ3v) is 7.27. The number of para-hydroxylation sites is 1. The number of nitro groups is 1. The summed E-state index contributed by atoms with van der Waals surface area (Å²) in [6, 6.07) is 16.5. The molecule has 8 heteroatoms. The van der Waals surface area contributed by atoms with Gasteiger partial charge < -0.3 is 10.1 Å². The van der Waals surface area contributed by atoms with Crippen molar-refractivity contribution in [3.63, 3.8) is 0 Å². The Hall–Kier alpha value is -3.94. The van der Waals surface area contributed by atoms with Crippen molar-refractivity contribution >= 4 is 17.5 Å². The fourth-order valence-electron chi connectivity index (χ4n) is 5.56. The summed E-state index contributed by atoms with van der Waals surface area (Å²) in [4.78, 5) is 25.3. The van der Waals surface area contributed by atoms with Gasteiger partial charge in [0.15, 0.2) is 0 Å². The van der Waals surface area contributed by atoms with Crippen LogP contribution in [0, 0.1) is 10.1 Å². The molecule has 1 unspecified atom stereocenters. The van der Waals surface area contributed by atoms with Crippen LogP contribution in [-0.2, 0) is 23.0 Å². The summed E-state index contributed by atoms with van der Waals surface area (Å²) in [5.74, 6) is -0.0681. The Morgan fingerprint density at radius 1 is 1.14 bits per heavy atom. The molecular formula is C28H30N4O4. The predicted molar refractivity (Wildman–Crippen MR) is 137 cm³/mol. The molecule has 0 amide bonds. The van der Waals surface area contributed by atoms with E-state index in [1.807, 2.05) is 44.3 Å². The lowest BCUT2D eigenvalue weighted by atomic mass is 9.79. The molecule has 1 aromatic heterocycles. The van der Waals surface area contributed by atoms with Crippen LogP contribution in [0.15, 0.2) is 65.9 Å². The number of carbonyl (C=O) groups is 1. The van der Waals surface area contributed by atoms with Crippen LogP contribution in [0.25, 0.3) is 0 Å². The lowest BCUT2D eigenvalue weighted by molar-refractivity contribution is -0.385. The Bertz CT molecular complexity index is 1320. The number of esters is 1. The van der Waals surface area contributed by atoms with E-state index in [9.17, 15) is 14.9 Å². The maximum Gasteiger partial charge on any atom is 0.336 e. The first-order chi connectivity index (χ1) is 17.5. The van der Waals surface area contributed by atoms with Crippen LogP contribution in [-0.4, -0.2) is 27.3 Å². The molecule has 1 aliphatic carbocycles. The summed E-state index contributed by atoms with van der Waals surface area (Å²) < 4.78 is 7.56. The van der Waals surface area contributed by atoms with Crippen molar-refractivity contribution in [3.8, 4) is 0 Å². The number of nitrogens with one attached hydrogen (secondary N) is 1. The highest BCUT2D eigenvalue weighted by molar-refractivity contribution is 5.95. The smallest absolute Gasteiger partial charge is 0.336 e. The lowest BCUT2D eigenvalue weighted by Gasteiger charge is -2.29. The molecule has 8 nitrogen and oxygen atoms in total. The number of benzene rings is 2. The van der Waals surface area contributed by atoms with Gasteiger partial charge in [-0.2, -0.15) is 5.10 Å². The second-order valence-electron chi connectivity index (χ2n) is 9.54. The largest absolute Gasteiger partial charge is 0.462 e. The van der Waals surface area contributed by atoms with Gasteiger partial charge in [-0.25, -0.2) is 4.79 Å². The molecule has 0 saturated heterocycles. The van der Waals surface area contributed by atoms with Crippen molar-refractivity contribution in [2.75, 3.05) is 11.9 Å². The molecule has 3 aromatic rings. The van der Waals surface area contributed by atoms with Crippen molar-refractivity contribution in [1.29, 1.82) is 0 Å². The molecule has 5 rings (SSSR count). The Kier molecular flexibility index (Phi) is 6.59. The second-order valence-corrected chi connectivity index (χ2v) is 9.54. The topological polar surface area (TPSA) is 99.3 Å². The van der Waals surface area contributed by atoms with Gasteiger partial charge in [-0.1, -0.05) is 61.4 Å². The molecular weight excluding hydrogens is 456 g/mol. The van der Waals surface area contributed by atoms with Crippen molar-refractivity contribution in [3.05, 3.63) is 98.4 Å². The summed E-state index contributed by atoms with van der Waals surface area (Å²) in [6.45, 7) is 2.04. The van der Waals surface area contributed by atoms with Gasteiger partial charge in [0.1, 0.15) is 5.82 Å². The third kappa shape index (κ3) is 4.39. The SMILES string of the molecule is CC1=C(C(=O)OCCc2ccccc2)C(c2ccccc2[N+](=O)[O-])c2c(C3CCCC3)nn(C)c2N1. The molecule has 2 aliphatic rings. The van der Waals surface area contributed by atoms with Crippen molar-refractivity contribution in [2.45, 2.75) is 50.9 Å². The minimum atomic E-state index is -0.642. The fourth-order valence-corrected chi connectivity index (χ4v) is 5.56. The van der Waals surface area contributed by atoms with Crippen molar-refractivity contribution in [1.82, 2.24) is 9.78 Å². The number of anilines is 1. The number of hydrogen-bond acceptors (Lipinski definition) is 6. The van der Waals surface area contributed by atoms with E-state index in [1.54, 1.807) is 22.9 Å². The van der Waals surface area contributed by atoms with E-state index in [-0.39, 0.29) is 23.1 Å². The van der Waals surface area contributed by atoms with Crippen LogP contribution in [0.2, 0.25) is 0 Å². The van der Waals surface area contributed by atoms with E-state index >= 15 is 0 Å². The molecule has 1 aliphatic heterocycles. The molecule has 1 fully saturated rings. The van der Waals surface area contributed by atoms with Crippen LogP contribution in [0.1, 0.15) is 66.8 Å². The summed E-state index contributed by atoms with van der Waals surface area (Å²) >= 11 is 0. The standard InChI is InChI=1S/C28H30N4O4/c1-18-23(28(33)36-17-16-19-10-4-3-5-11-19)24(21-14-8-9-15-22(21)32(34)35)25-26(20-12-6-7-13-20)30-31(2)27(25)29-18/h3-5,8-11,14-15,20,24,29H,6-7,12-13,16-17H2,1-2H3. The molecule has 1 saturated carbocycles. The van der Waals surface area contributed by atoms with Crippen molar-refractivity contribution in [2.24, 2.45) is 7.05 Å². The summed E-state index contributed by atoms with van der Waals surface area (Å²) in [7, 11) is 1.87. The van der Waals surface area contributed by atoms with Gasteiger partial charge in [0, 0.05) is 42.3 Å². The zero-order valence-corrected chi connectivity index (χ0v) is 20.6. The monoisotopic (exact) mass is 486 g/mol. The van der Waals surface area contributed by atoms with Gasteiger partial charge in [-0.15, -0.1) is 0 Å². The van der Waals surface area contributed by atoms with Gasteiger partial charge in [0.25, 0.3) is 5.69 Å². The molecule has 0 radical (unpaired) electrons. The predicted octanol–water partition coefficient (Wildman–Crippen LogP) is 5.60. The van der Waals surface area contributed by atoms with E-state index in [2.05, 4.69) is 5.32 Å². The van der Waals surface area contributed by atoms with Crippen LogP contribution < -0.4 is 5.32 Å². The zero-order valence-electron chi connectivity index (χ0n) is 20.6. The third-order valence-electron chi connectivity index (χ3n) is 7.27. The minimum absolute atomic E-state index is 0.0149. The number of nitro benzene ring substituents is 1. The highest BCUT2D eigenvalue weighted by atomic mass is 16.6. The number of aryl methyl sites for hydroxylation is 1. The first kappa shape index (κ1) is 23.8. The molecule has 2 heterocycles. The number of rotatable bonds is 7. The lowest BCUT2D eigenvalue weighted by Crippen LogP contribution is -2.26. The van der Waals surface area contributed by atoms with Crippen LogP contribution in [0.3, 0.4) is 0 Å². The molecule has 0 bridgehead atoms. The number of nitrogens with zero attached hydrogens (tertiary/aromatic N) is 3. The van der Waals surface area contributed by atoms with E-state index in [0.29, 0.717) is 23.3 Å². The number of fused-ring (bicyclic) bond motifs is 1. The summed E-state index contributed by atoms with van der Waals surface area (Å²) in [6.07, 6.45) is 4.89. The van der Waals surface area contributed by atoms with Gasteiger partial charge in [-0.05, 0) is 25.3 Å². The van der Waals surface area contributed by atoms with E-state index in [1.165, 1.54) is 6.07 Å². The first-order valence-electron chi connectivity index (χ1n) is 12.4. The van der Waals surface area contributed by atoms with Crippen LogP contribution >= 0.6 is 0 Å². The zero-order chi connectivity index (χ0) is 25.2. The number of carbonyl (C=O) groups excluding carboxylic acids is 1. The van der Waals surface area contributed by atoms with E-state index in [4.69, 9.17) is 9.84 Å². The van der Waals surface area contributed by atoms with Crippen molar-refractivity contribution < 1.29 is 14.5 Å². The number of allylic oxidation sites excluding steroid dienone is 1. The number of hydrogen-bond donors (Lipinski definition) is 1. The Morgan fingerprint density at radius 3 is 2.56 bits per heavy atom. The number of ether oxygens (including phenoxy) is 1. The van der Waals surface area contributed by atoms with E-state index in [0.717, 1.165) is 48.3 Å². The average molecular weight is 487 g/mol. The Balaban J connectivity index is 1.57. The maximum atomic E-state index is 13.6. The first-order valence-corrected chi connectivity index (χ1v) is 12.4. The molecule has 1 N–H and O–H groups in total. The summed E-state index contributed by atoms with van der Waals surface area (Å²) in [5.41, 5.74) is 4.33. The van der Waals surface area contributed by atoms with Gasteiger partial charge in [0.05, 0.1) is 28.7 Å². The average Bonchev–Trinajstić information content (AvgIpc) is 3.52. The quantitative estimate of drug-likeness (QED) is 0.265. The maximum absolute atomic E-state index is 13.6. The Morgan fingerprint density at radius 2 is 1.83 bits per heavy atom. The fraction of sp³-hybridized carbons (Fsp3) is 0.357. The molecule has 36 heavy (non-hydrogen) atoms. The second kappa shape index (κ2) is 9.97. The van der Waals surface area contributed by atoms with Gasteiger partial charge in [0.2, 0.25) is 0 Å². The normalized spacial score (nSPS) is 17.6. The van der Waals surface area contributed by atoms with Crippen LogP contribution in [0.4, 0.5) is 11.5 Å². The van der Waals surface area contributed by atoms with Gasteiger partial charge in [-0.3, -0.25) is 14.8 Å². The Labute approximate surface area is 210 Å². The minimum Gasteiger partial charge on any atom is -0.462 e. The van der Waals surface area contributed by atoms with Crippen LogP contribution in [0.5, 0.6) is 0 Å². The molecule has 1 atom stereocenters. The number of aromatic nitrogens is 2. The molecule has 186 valence electrons. The van der Waals surface area contributed by atoms with Gasteiger partial charge >= 0.3 is 5.97 Å². The molecule has 2 aromatic carbocycles.